The Kier molecular flexibility index (Phi) is 8.51. The Bertz CT molecular complexity index is 538. The van der Waals surface area contributed by atoms with E-state index in [0.717, 1.165) is 25.7 Å². The average molecular weight is 361 g/mol. The van der Waals surface area contributed by atoms with Crippen molar-refractivity contribution in [1.82, 2.24) is 15.6 Å². The molecule has 0 aliphatic carbocycles. The molecule has 0 aromatic carbocycles. The monoisotopic (exact) mass is 361 g/mol. The number of carbonyl (C=O) groups excluding carboxylic acids is 1. The Morgan fingerprint density at radius 2 is 2.00 bits per heavy atom. The summed E-state index contributed by atoms with van der Waals surface area (Å²) in [6.07, 6.45) is 1.14. The second kappa shape index (κ2) is 10.1. The van der Waals surface area contributed by atoms with Crippen molar-refractivity contribution in [2.75, 3.05) is 6.61 Å². The Labute approximate surface area is 146 Å². The van der Waals surface area contributed by atoms with E-state index < -0.39 is 12.8 Å². The molecule has 0 aliphatic heterocycles. The number of unbranched alkanes of at least 4 members (excludes halogenated alkanes) is 2. The van der Waals surface area contributed by atoms with Crippen molar-refractivity contribution in [1.29, 1.82) is 0 Å². The summed E-state index contributed by atoms with van der Waals surface area (Å²) < 4.78 is 41.2. The topological polar surface area (TPSA) is 63.2 Å². The molecule has 1 rings (SSSR count). The van der Waals surface area contributed by atoms with Crippen molar-refractivity contribution in [2.45, 2.75) is 64.7 Å². The van der Waals surface area contributed by atoms with Gasteiger partial charge in [0.15, 0.2) is 6.61 Å². The number of halogens is 3. The fourth-order valence-corrected chi connectivity index (χ4v) is 2.25. The lowest BCUT2D eigenvalue weighted by Gasteiger charge is -2.19. The van der Waals surface area contributed by atoms with Gasteiger partial charge in [0.1, 0.15) is 0 Å². The van der Waals surface area contributed by atoms with Gasteiger partial charge in [-0.15, -0.1) is 0 Å². The summed E-state index contributed by atoms with van der Waals surface area (Å²) >= 11 is 0. The van der Waals surface area contributed by atoms with Gasteiger partial charge in [0.25, 0.3) is 0 Å². The molecule has 142 valence electrons. The van der Waals surface area contributed by atoms with Crippen LogP contribution in [0.4, 0.5) is 18.0 Å². The summed E-state index contributed by atoms with van der Waals surface area (Å²) in [5.41, 5.74) is 0.612. The number of aromatic nitrogens is 1. The highest BCUT2D eigenvalue weighted by molar-refractivity contribution is 5.74. The van der Waals surface area contributed by atoms with E-state index >= 15 is 0 Å². The molecule has 0 saturated carbocycles. The van der Waals surface area contributed by atoms with Crippen LogP contribution in [0.5, 0.6) is 5.88 Å². The van der Waals surface area contributed by atoms with Crippen LogP contribution in [0, 0.1) is 0 Å². The quantitative estimate of drug-likeness (QED) is 0.643. The van der Waals surface area contributed by atoms with E-state index in [9.17, 15) is 18.0 Å². The second-order valence-electron chi connectivity index (χ2n) is 6.07. The molecular formula is C17H26F3N3O2. The number of urea groups is 1. The van der Waals surface area contributed by atoms with Gasteiger partial charge in [-0.05, 0) is 31.9 Å². The van der Waals surface area contributed by atoms with E-state index in [0.29, 0.717) is 5.56 Å². The number of carbonyl (C=O) groups is 1. The fraction of sp³-hybridized carbons (Fsp3) is 0.647. The molecular weight excluding hydrogens is 335 g/mol. The van der Waals surface area contributed by atoms with Crippen molar-refractivity contribution in [3.63, 3.8) is 0 Å². The number of ether oxygens (including phenoxy) is 1. The van der Waals surface area contributed by atoms with Crippen molar-refractivity contribution in [3.8, 4) is 5.88 Å². The van der Waals surface area contributed by atoms with E-state index in [-0.39, 0.29) is 24.0 Å². The first kappa shape index (κ1) is 21.1. The maximum absolute atomic E-state index is 12.2. The maximum Gasteiger partial charge on any atom is 0.422 e. The Morgan fingerprint density at radius 3 is 2.64 bits per heavy atom. The van der Waals surface area contributed by atoms with E-state index in [1.54, 1.807) is 13.0 Å². The number of hydrogen-bond acceptors (Lipinski definition) is 3. The Balaban J connectivity index is 2.50. The van der Waals surface area contributed by atoms with Gasteiger partial charge >= 0.3 is 12.2 Å². The van der Waals surface area contributed by atoms with Crippen LogP contribution in [0.3, 0.4) is 0 Å². The van der Waals surface area contributed by atoms with Gasteiger partial charge in [-0.2, -0.15) is 13.2 Å². The third-order valence-electron chi connectivity index (χ3n) is 3.61. The molecule has 1 aromatic rings. The minimum absolute atomic E-state index is 0.0573. The van der Waals surface area contributed by atoms with Gasteiger partial charge in [-0.1, -0.05) is 26.2 Å². The third-order valence-corrected chi connectivity index (χ3v) is 3.61. The van der Waals surface area contributed by atoms with E-state index in [1.807, 2.05) is 6.92 Å². The SMILES string of the molecule is CCCCCC(C)NC(=O)NC(C)c1ccnc(OCC(F)(F)F)c1. The molecule has 2 amide bonds. The van der Waals surface area contributed by atoms with Crippen LogP contribution in [0.1, 0.15) is 58.1 Å². The lowest BCUT2D eigenvalue weighted by molar-refractivity contribution is -0.154. The minimum atomic E-state index is -4.42. The second-order valence-corrected chi connectivity index (χ2v) is 6.07. The molecule has 1 aromatic heterocycles. The first-order valence-electron chi connectivity index (χ1n) is 8.43. The lowest BCUT2D eigenvalue weighted by atomic mass is 10.1. The summed E-state index contributed by atoms with van der Waals surface area (Å²) in [4.78, 5) is 15.7. The van der Waals surface area contributed by atoms with Gasteiger partial charge in [-0.25, -0.2) is 9.78 Å². The first-order chi connectivity index (χ1) is 11.7. The minimum Gasteiger partial charge on any atom is -0.468 e. The van der Waals surface area contributed by atoms with Gasteiger partial charge in [0.2, 0.25) is 5.88 Å². The van der Waals surface area contributed by atoms with Gasteiger partial charge in [-0.3, -0.25) is 0 Å². The highest BCUT2D eigenvalue weighted by Gasteiger charge is 2.28. The molecule has 0 radical (unpaired) electrons. The van der Waals surface area contributed by atoms with Crippen LogP contribution in [0.15, 0.2) is 18.3 Å². The lowest BCUT2D eigenvalue weighted by Crippen LogP contribution is -2.41. The molecule has 0 bridgehead atoms. The zero-order chi connectivity index (χ0) is 18.9. The van der Waals surface area contributed by atoms with Crippen LogP contribution in [0.2, 0.25) is 0 Å². The Morgan fingerprint density at radius 1 is 1.28 bits per heavy atom. The van der Waals surface area contributed by atoms with Gasteiger partial charge in [0.05, 0.1) is 6.04 Å². The summed E-state index contributed by atoms with van der Waals surface area (Å²) in [6.45, 7) is 4.40. The normalized spacial score (nSPS) is 13.8. The molecule has 0 aliphatic rings. The highest BCUT2D eigenvalue weighted by Crippen LogP contribution is 2.20. The van der Waals surface area contributed by atoms with Crippen LogP contribution in [-0.2, 0) is 0 Å². The predicted octanol–water partition coefficient (Wildman–Crippen LogP) is 4.35. The molecule has 0 spiro atoms. The Hall–Kier alpha value is -1.99. The molecule has 1 heterocycles. The average Bonchev–Trinajstić information content (AvgIpc) is 2.52. The van der Waals surface area contributed by atoms with Crippen molar-refractivity contribution < 1.29 is 22.7 Å². The smallest absolute Gasteiger partial charge is 0.422 e. The maximum atomic E-state index is 12.2. The highest BCUT2D eigenvalue weighted by atomic mass is 19.4. The van der Waals surface area contributed by atoms with Crippen LogP contribution < -0.4 is 15.4 Å². The first-order valence-corrected chi connectivity index (χ1v) is 8.43. The molecule has 8 heteroatoms. The van der Waals surface area contributed by atoms with Crippen molar-refractivity contribution in [3.05, 3.63) is 23.9 Å². The van der Waals surface area contributed by atoms with Gasteiger partial charge in [0, 0.05) is 18.3 Å². The third kappa shape index (κ3) is 9.16. The molecule has 25 heavy (non-hydrogen) atoms. The number of nitrogens with zero attached hydrogens (tertiary/aromatic N) is 1. The zero-order valence-corrected chi connectivity index (χ0v) is 14.8. The summed E-state index contributed by atoms with van der Waals surface area (Å²) in [7, 11) is 0. The number of hydrogen-bond donors (Lipinski definition) is 2. The number of rotatable bonds is 9. The van der Waals surface area contributed by atoms with Crippen LogP contribution in [0.25, 0.3) is 0 Å². The number of nitrogens with one attached hydrogen (secondary N) is 2. The zero-order valence-electron chi connectivity index (χ0n) is 14.8. The van der Waals surface area contributed by atoms with Crippen molar-refractivity contribution in [2.24, 2.45) is 0 Å². The van der Waals surface area contributed by atoms with Crippen LogP contribution in [-0.4, -0.2) is 29.8 Å². The molecule has 5 nitrogen and oxygen atoms in total. The molecule has 0 saturated heterocycles. The largest absolute Gasteiger partial charge is 0.468 e. The summed E-state index contributed by atoms with van der Waals surface area (Å²) in [6, 6.07) is 2.37. The van der Waals surface area contributed by atoms with E-state index in [1.165, 1.54) is 12.3 Å². The van der Waals surface area contributed by atoms with E-state index in [4.69, 9.17) is 0 Å². The molecule has 2 atom stereocenters. The molecule has 2 unspecified atom stereocenters. The van der Waals surface area contributed by atoms with Crippen LogP contribution >= 0.6 is 0 Å². The number of alkyl halides is 3. The fourth-order valence-electron chi connectivity index (χ4n) is 2.25. The van der Waals surface area contributed by atoms with Crippen molar-refractivity contribution >= 4 is 6.03 Å². The number of pyridine rings is 1. The summed E-state index contributed by atoms with van der Waals surface area (Å²) in [5.74, 6) is -0.128. The molecule has 2 N–H and O–H groups in total. The van der Waals surface area contributed by atoms with E-state index in [2.05, 4.69) is 27.3 Å². The summed E-state index contributed by atoms with van der Waals surface area (Å²) in [5, 5.41) is 5.61. The standard InChI is InChI=1S/C17H26F3N3O2/c1-4-5-6-7-12(2)22-16(24)23-13(3)14-8-9-21-15(10-14)25-11-17(18,19)20/h8-10,12-13H,4-7,11H2,1-3H3,(H2,22,23,24). The number of amides is 2. The predicted molar refractivity (Wildman–Crippen MR) is 89.5 cm³/mol. The van der Waals surface area contributed by atoms with Gasteiger partial charge < -0.3 is 15.4 Å². The molecule has 0 fully saturated rings.